The molecule has 0 aliphatic heterocycles. The Hall–Kier alpha value is -1.05. The van der Waals surface area contributed by atoms with Crippen LogP contribution in [-0.2, 0) is 9.53 Å². The lowest BCUT2D eigenvalue weighted by molar-refractivity contribution is -0.143. The van der Waals surface area contributed by atoms with Crippen molar-refractivity contribution in [2.75, 3.05) is 6.61 Å². The smallest absolute Gasteiger partial charge is 0.305 e. The van der Waals surface area contributed by atoms with E-state index in [1.54, 1.807) is 0 Å². The lowest BCUT2D eigenvalue weighted by atomic mass is 10.0. The summed E-state index contributed by atoms with van der Waals surface area (Å²) < 4.78 is 5.40. The lowest BCUT2D eigenvalue weighted by Gasteiger charge is -2.06. The summed E-state index contributed by atoms with van der Waals surface area (Å²) in [5.41, 5.74) is 0. The molecule has 0 atom stereocenters. The molecule has 0 aliphatic carbocycles. The third-order valence-corrected chi connectivity index (χ3v) is 6.52. The first kappa shape index (κ1) is 33.0. The molecule has 0 aromatic carbocycles. The topological polar surface area (TPSA) is 26.3 Å². The fraction of sp³-hybridized carbons (Fsp3) is 0.844. The number of carbonyl (C=O) groups excluding carboxylic acids is 1. The highest BCUT2D eigenvalue weighted by Gasteiger charge is 2.02. The largest absolute Gasteiger partial charge is 0.466 e. The number of ether oxygens (including phenoxy) is 1. The highest BCUT2D eigenvalue weighted by Crippen LogP contribution is 2.13. The van der Waals surface area contributed by atoms with Crippen LogP contribution in [0.5, 0.6) is 0 Å². The Morgan fingerprint density at radius 2 is 1.12 bits per heavy atom. The van der Waals surface area contributed by atoms with Gasteiger partial charge in [-0.25, -0.2) is 0 Å². The predicted molar refractivity (Wildman–Crippen MR) is 151 cm³/mol. The van der Waals surface area contributed by atoms with Crippen LogP contribution in [0, 0.1) is 5.92 Å². The zero-order chi connectivity index (χ0) is 25.0. The Morgan fingerprint density at radius 1 is 0.618 bits per heavy atom. The molecule has 0 rings (SSSR count). The van der Waals surface area contributed by atoms with Crippen LogP contribution in [0.1, 0.15) is 162 Å². The van der Waals surface area contributed by atoms with Gasteiger partial charge in [-0.15, -0.1) is 0 Å². The molecule has 34 heavy (non-hydrogen) atoms. The third kappa shape index (κ3) is 29.0. The summed E-state index contributed by atoms with van der Waals surface area (Å²) in [7, 11) is 0. The summed E-state index contributed by atoms with van der Waals surface area (Å²) in [5, 5.41) is 0. The molecule has 2 heteroatoms. The van der Waals surface area contributed by atoms with Crippen molar-refractivity contribution in [1.29, 1.82) is 0 Å². The number of hydrogen-bond acceptors (Lipinski definition) is 2. The molecule has 0 aromatic heterocycles. The van der Waals surface area contributed by atoms with Crippen molar-refractivity contribution >= 4 is 5.97 Å². The Kier molecular flexibility index (Phi) is 27.3. The van der Waals surface area contributed by atoms with Crippen LogP contribution in [0.3, 0.4) is 0 Å². The molecular weight excluding hydrogens is 416 g/mol. The van der Waals surface area contributed by atoms with Gasteiger partial charge in [-0.3, -0.25) is 4.79 Å². The van der Waals surface area contributed by atoms with Crippen molar-refractivity contribution in [1.82, 2.24) is 0 Å². The Bertz CT molecular complexity index is 464. The van der Waals surface area contributed by atoms with Crippen molar-refractivity contribution in [2.45, 2.75) is 162 Å². The molecular formula is C32H60O2. The van der Waals surface area contributed by atoms with Gasteiger partial charge in [0.05, 0.1) is 6.61 Å². The standard InChI is InChI=1S/C32H60O2/c1-4-5-6-7-8-9-10-11-12-13-14-17-20-23-26-29-32(33)34-30-27-24-21-18-15-16-19-22-25-28-31(2)3/h8-9,11-12,31H,4-7,10,13-30H2,1-3H3. The number of allylic oxidation sites excluding steroid dienone is 4. The monoisotopic (exact) mass is 476 g/mol. The molecule has 200 valence electrons. The normalized spacial score (nSPS) is 11.9. The van der Waals surface area contributed by atoms with E-state index in [-0.39, 0.29) is 5.97 Å². The van der Waals surface area contributed by atoms with Gasteiger partial charge in [0, 0.05) is 6.42 Å². The molecule has 0 saturated heterocycles. The van der Waals surface area contributed by atoms with E-state index in [1.807, 2.05) is 0 Å². The average Bonchev–Trinajstić information content (AvgIpc) is 2.82. The fourth-order valence-electron chi connectivity index (χ4n) is 4.23. The molecule has 0 saturated carbocycles. The zero-order valence-corrected chi connectivity index (χ0v) is 23.5. The molecule has 0 unspecified atom stereocenters. The number of unbranched alkanes of at least 4 members (excludes halogenated alkanes) is 16. The molecule has 0 aliphatic rings. The number of esters is 1. The third-order valence-electron chi connectivity index (χ3n) is 6.52. The molecule has 0 bridgehead atoms. The molecule has 0 fully saturated rings. The molecule has 2 nitrogen and oxygen atoms in total. The second-order valence-electron chi connectivity index (χ2n) is 10.6. The van der Waals surface area contributed by atoms with Crippen molar-refractivity contribution in [3.63, 3.8) is 0 Å². The Labute approximate surface area is 214 Å². The first-order valence-corrected chi connectivity index (χ1v) is 15.1. The minimum Gasteiger partial charge on any atom is -0.466 e. The van der Waals surface area contributed by atoms with E-state index in [1.165, 1.54) is 109 Å². The van der Waals surface area contributed by atoms with Gasteiger partial charge in [-0.2, -0.15) is 0 Å². The summed E-state index contributed by atoms with van der Waals surface area (Å²) in [6.45, 7) is 7.50. The van der Waals surface area contributed by atoms with E-state index in [0.29, 0.717) is 13.0 Å². The summed E-state index contributed by atoms with van der Waals surface area (Å²) in [6.07, 6.45) is 36.4. The Morgan fingerprint density at radius 3 is 1.71 bits per heavy atom. The maximum absolute atomic E-state index is 11.8. The van der Waals surface area contributed by atoms with Crippen molar-refractivity contribution in [3.05, 3.63) is 24.3 Å². The van der Waals surface area contributed by atoms with Crippen molar-refractivity contribution < 1.29 is 9.53 Å². The zero-order valence-electron chi connectivity index (χ0n) is 23.5. The molecule has 0 amide bonds. The maximum Gasteiger partial charge on any atom is 0.305 e. The quantitative estimate of drug-likeness (QED) is 0.0704. The van der Waals surface area contributed by atoms with Crippen molar-refractivity contribution in [3.8, 4) is 0 Å². The van der Waals surface area contributed by atoms with Crippen LogP contribution in [-0.4, -0.2) is 12.6 Å². The predicted octanol–water partition coefficient (Wildman–Crippen LogP) is 10.9. The van der Waals surface area contributed by atoms with Crippen LogP contribution in [0.4, 0.5) is 0 Å². The summed E-state index contributed by atoms with van der Waals surface area (Å²) in [4.78, 5) is 11.8. The first-order chi connectivity index (χ1) is 16.7. The number of rotatable bonds is 26. The van der Waals surface area contributed by atoms with Crippen LogP contribution in [0.25, 0.3) is 0 Å². The van der Waals surface area contributed by atoms with Gasteiger partial charge in [0.15, 0.2) is 0 Å². The van der Waals surface area contributed by atoms with Crippen LogP contribution < -0.4 is 0 Å². The van der Waals surface area contributed by atoms with Crippen LogP contribution >= 0.6 is 0 Å². The SMILES string of the molecule is CCCCCC=CCC=CCCCCCCCC(=O)OCCCCCCCCCCCC(C)C. The molecule has 0 heterocycles. The van der Waals surface area contributed by atoms with Crippen LogP contribution in [0.2, 0.25) is 0 Å². The molecule has 0 radical (unpaired) electrons. The second-order valence-corrected chi connectivity index (χ2v) is 10.6. The van der Waals surface area contributed by atoms with Gasteiger partial charge < -0.3 is 4.74 Å². The average molecular weight is 477 g/mol. The lowest BCUT2D eigenvalue weighted by Crippen LogP contribution is -2.05. The second kappa shape index (κ2) is 28.2. The van der Waals surface area contributed by atoms with Crippen molar-refractivity contribution in [2.24, 2.45) is 5.92 Å². The van der Waals surface area contributed by atoms with E-state index >= 15 is 0 Å². The summed E-state index contributed by atoms with van der Waals surface area (Å²) >= 11 is 0. The number of hydrogen-bond donors (Lipinski definition) is 0. The summed E-state index contributed by atoms with van der Waals surface area (Å²) in [5.74, 6) is 0.862. The van der Waals surface area contributed by atoms with E-state index in [4.69, 9.17) is 4.74 Å². The number of carbonyl (C=O) groups is 1. The molecule has 0 aromatic rings. The van der Waals surface area contributed by atoms with E-state index in [2.05, 4.69) is 45.1 Å². The van der Waals surface area contributed by atoms with E-state index in [9.17, 15) is 4.79 Å². The van der Waals surface area contributed by atoms with E-state index in [0.717, 1.165) is 31.6 Å². The van der Waals surface area contributed by atoms with Gasteiger partial charge in [0.1, 0.15) is 0 Å². The van der Waals surface area contributed by atoms with Gasteiger partial charge in [0.25, 0.3) is 0 Å². The summed E-state index contributed by atoms with van der Waals surface area (Å²) in [6, 6.07) is 0. The van der Waals surface area contributed by atoms with Gasteiger partial charge in [-0.1, -0.05) is 135 Å². The highest BCUT2D eigenvalue weighted by atomic mass is 16.5. The molecule has 0 N–H and O–H groups in total. The van der Waals surface area contributed by atoms with Crippen LogP contribution in [0.15, 0.2) is 24.3 Å². The fourth-order valence-corrected chi connectivity index (χ4v) is 4.23. The van der Waals surface area contributed by atoms with E-state index < -0.39 is 0 Å². The minimum absolute atomic E-state index is 0.00656. The maximum atomic E-state index is 11.8. The van der Waals surface area contributed by atoms with Gasteiger partial charge >= 0.3 is 5.97 Å². The molecule has 0 spiro atoms. The first-order valence-electron chi connectivity index (χ1n) is 15.1. The minimum atomic E-state index is 0.00656. The van der Waals surface area contributed by atoms with Gasteiger partial charge in [0.2, 0.25) is 0 Å². The highest BCUT2D eigenvalue weighted by molar-refractivity contribution is 5.69. The van der Waals surface area contributed by atoms with Gasteiger partial charge in [-0.05, 0) is 50.9 Å². The Balaban J connectivity index is 3.25.